The summed E-state index contributed by atoms with van der Waals surface area (Å²) >= 11 is 0. The van der Waals surface area contributed by atoms with E-state index in [0.717, 1.165) is 33.4 Å². The van der Waals surface area contributed by atoms with Gasteiger partial charge in [0.2, 0.25) is 0 Å². The molecular formula is C102H178N6P6Zr2. The average molecular weight is 1860 g/mol. The van der Waals surface area contributed by atoms with Gasteiger partial charge in [-0.1, -0.05) is 348 Å². The summed E-state index contributed by atoms with van der Waals surface area (Å²) in [5.41, 5.74) is 6.43. The van der Waals surface area contributed by atoms with Crippen LogP contribution in [-0.4, -0.2) is 77.3 Å². The molecule has 0 heterocycles. The number of nitrogens with one attached hydrogen (secondary N) is 1. The molecular weight excluding hydrogens is 1680 g/mol. The molecule has 0 bridgehead atoms. The molecule has 0 saturated carbocycles. The molecule has 6 nitrogen and oxygen atoms in total. The van der Waals surface area contributed by atoms with Gasteiger partial charge < -0.3 is 19.4 Å². The number of hydrogen-bond donors (Lipinski definition) is 1. The minimum absolute atomic E-state index is 0. The van der Waals surface area contributed by atoms with Gasteiger partial charge >= 0.3 is 52.4 Å². The van der Waals surface area contributed by atoms with E-state index < -0.39 is 42.8 Å². The zero-order valence-electron chi connectivity index (χ0n) is 83.5. The van der Waals surface area contributed by atoms with Crippen LogP contribution >= 0.6 is 42.8 Å². The van der Waals surface area contributed by atoms with Crippen LogP contribution in [0.5, 0.6) is 0 Å². The Morgan fingerprint density at radius 2 is 0.293 bits per heavy atom. The summed E-state index contributed by atoms with van der Waals surface area (Å²) in [5, 5.41) is 33.2. The van der Waals surface area contributed by atoms with Crippen molar-refractivity contribution in [2.75, 3.05) is 0 Å². The second-order valence-corrected chi connectivity index (χ2v) is 75.2. The molecule has 116 heavy (non-hydrogen) atoms. The quantitative estimate of drug-likeness (QED) is 0.135. The Hall–Kier alpha value is -2.31. The third kappa shape index (κ3) is 34.7. The van der Waals surface area contributed by atoms with E-state index in [2.05, 4.69) is 353 Å². The zero-order valence-corrected chi connectivity index (χ0v) is 93.8. The summed E-state index contributed by atoms with van der Waals surface area (Å²) in [7, 11) is -13.2. The zero-order chi connectivity index (χ0) is 91.3. The third-order valence-electron chi connectivity index (χ3n) is 20.3. The van der Waals surface area contributed by atoms with Crippen LogP contribution in [0.1, 0.15) is 345 Å². The standard InChI is InChI=1S/C20H46N2P2.2C20H45N2P2.6C7H7.2Zr/c3*1-16(2,3)23(17(4,5)6,18(7,8)9)22-24(21,19(10,11)12)20(13,14)15;6*1-7-5-3-2-4-6-7;;/h21H,1-15H3;2*1-15H3;6*2-6H,1H2;;/q;8*-1;2*+4. The van der Waals surface area contributed by atoms with Crippen molar-refractivity contribution in [2.45, 2.75) is 389 Å². The molecule has 0 spiro atoms. The fraction of sp³-hybridized carbons (Fsp3) is 0.588. The third-order valence-corrected chi connectivity index (χ3v) is 55.5. The largest absolute Gasteiger partial charge is 4.00 e. The van der Waals surface area contributed by atoms with Gasteiger partial charge in [0.15, 0.2) is 0 Å². The number of nitrogens with zero attached hydrogens (tertiary/aromatic N) is 5. The molecule has 0 aliphatic rings. The number of rotatable bonds is 3. The van der Waals surface area contributed by atoms with Crippen LogP contribution in [0.15, 0.2) is 196 Å². The van der Waals surface area contributed by atoms with E-state index in [9.17, 15) is 15.5 Å². The predicted molar refractivity (Wildman–Crippen MR) is 540 cm³/mol. The minimum Gasteiger partial charge on any atom is -0.789 e. The van der Waals surface area contributed by atoms with Crippen molar-refractivity contribution in [3.63, 3.8) is 0 Å². The molecule has 0 amide bonds. The van der Waals surface area contributed by atoms with E-state index in [-0.39, 0.29) is 130 Å². The van der Waals surface area contributed by atoms with Crippen molar-refractivity contribution < 1.29 is 52.4 Å². The van der Waals surface area contributed by atoms with Gasteiger partial charge in [-0.3, -0.25) is 9.68 Å². The molecule has 0 saturated heterocycles. The molecule has 14 heteroatoms. The van der Waals surface area contributed by atoms with Crippen LogP contribution in [-0.2, 0) is 52.4 Å². The molecule has 6 aromatic rings. The summed E-state index contributed by atoms with van der Waals surface area (Å²) in [4.78, 5) is 0. The first kappa shape index (κ1) is 122. The van der Waals surface area contributed by atoms with Gasteiger partial charge in [-0.15, -0.1) is 87.2 Å². The van der Waals surface area contributed by atoms with Crippen LogP contribution in [0.4, 0.5) is 0 Å². The van der Waals surface area contributed by atoms with Gasteiger partial charge in [-0.2, -0.15) is 148 Å². The molecule has 0 aliphatic carbocycles. The molecule has 1 N–H and O–H groups in total. The summed E-state index contributed by atoms with van der Waals surface area (Å²) in [5.74, 6) is 0. The van der Waals surface area contributed by atoms with Gasteiger partial charge in [-0.05, 0) is 88.2 Å². The summed E-state index contributed by atoms with van der Waals surface area (Å²) in [6.07, 6.45) is 0. The van der Waals surface area contributed by atoms with Gasteiger partial charge in [0.1, 0.15) is 0 Å². The first-order valence-electron chi connectivity index (χ1n) is 41.3. The van der Waals surface area contributed by atoms with E-state index in [1.165, 1.54) is 0 Å². The van der Waals surface area contributed by atoms with Crippen molar-refractivity contribution in [3.8, 4) is 0 Å². The summed E-state index contributed by atoms with van der Waals surface area (Å²) in [6, 6.07) is 59.2. The topological polar surface area (TPSA) is 106 Å². The Balaban J connectivity index is -0.000000420. The molecule has 0 atom stereocenters. The SMILES string of the molecule is CC(C)(C)P(=N)(N=P(C(C)(C)C)(C(C)(C)C)C(C)(C)C)C(C)(C)C.CC(C)(C)P(=[N-])(N=P(C(C)(C)C)(C(C)(C)C)C(C)(C)C)C(C)(C)C.CC(C)(C)P(=[N-])(N=P(C(C)(C)C)(C(C)(C)C)C(C)(C)C)C(C)(C)C.[CH2-]c1ccccc1.[CH2-]c1ccccc1.[CH2-]c1ccccc1.[CH2-]c1ccccc1.[CH2-]c1ccccc1.[CH2-]c1ccccc1.[Zr+4].[Zr+4]. The van der Waals surface area contributed by atoms with Crippen LogP contribution in [0, 0.1) is 46.7 Å². The predicted octanol–water partition coefficient (Wildman–Crippen LogP) is 37.8. The second-order valence-electron chi connectivity index (χ2n) is 45.5. The van der Waals surface area contributed by atoms with Crippen LogP contribution in [0.25, 0.3) is 10.3 Å². The van der Waals surface area contributed by atoms with Gasteiger partial charge in [0.25, 0.3) is 0 Å². The monoisotopic (exact) mass is 1850 g/mol. The minimum atomic E-state index is -2.57. The van der Waals surface area contributed by atoms with E-state index in [4.69, 9.17) is 13.5 Å². The molecule has 0 fully saturated rings. The maximum Gasteiger partial charge on any atom is 4.00 e. The molecule has 6 rings (SSSR count). The molecule has 0 aromatic heterocycles. The van der Waals surface area contributed by atoms with Gasteiger partial charge in [-0.25, -0.2) is 0 Å². The van der Waals surface area contributed by atoms with Crippen LogP contribution in [0.3, 0.4) is 0 Å². The van der Waals surface area contributed by atoms with E-state index in [1.807, 2.05) is 182 Å². The van der Waals surface area contributed by atoms with Crippen molar-refractivity contribution >= 4 is 42.8 Å². The first-order valence-corrected chi connectivity index (χ1v) is 51.6. The van der Waals surface area contributed by atoms with Crippen LogP contribution in [0.2, 0.25) is 0 Å². The Kier molecular flexibility index (Phi) is 48.5. The molecule has 6 aromatic carbocycles. The Morgan fingerprint density at radius 1 is 0.190 bits per heavy atom. The molecule has 0 unspecified atom stereocenters. The Bertz CT molecular complexity index is 3340. The fourth-order valence-corrected chi connectivity index (χ4v) is 62.5. The van der Waals surface area contributed by atoms with E-state index in [0.29, 0.717) is 0 Å². The van der Waals surface area contributed by atoms with Crippen LogP contribution < -0.4 is 0 Å². The maximum absolute atomic E-state index is 12.1. The first-order chi connectivity index (χ1) is 50.2. The van der Waals surface area contributed by atoms with Crippen molar-refractivity contribution in [2.24, 2.45) is 13.5 Å². The molecule has 0 aliphatic heterocycles. The summed E-state index contributed by atoms with van der Waals surface area (Å²) < 4.78 is 17.1. The normalized spacial score (nSPS) is 13.2. The summed E-state index contributed by atoms with van der Waals surface area (Å²) in [6.45, 7) is 125. The van der Waals surface area contributed by atoms with Crippen molar-refractivity contribution in [1.82, 2.24) is 0 Å². The molecule has 0 radical (unpaired) electrons. The second kappa shape index (κ2) is 46.1. The Labute approximate surface area is 763 Å². The Morgan fingerprint density at radius 3 is 0.362 bits per heavy atom. The van der Waals surface area contributed by atoms with Crippen molar-refractivity contribution in [3.05, 3.63) is 267 Å². The molecule has 654 valence electrons. The van der Waals surface area contributed by atoms with Crippen molar-refractivity contribution in [1.29, 1.82) is 5.16 Å². The van der Waals surface area contributed by atoms with Gasteiger partial charge in [0, 0.05) is 10.3 Å². The van der Waals surface area contributed by atoms with Gasteiger partial charge in [0.05, 0.1) is 7.21 Å². The maximum atomic E-state index is 12.1. The fourth-order valence-electron chi connectivity index (χ4n) is 17.5. The number of benzene rings is 6. The number of hydrogen-bond acceptors (Lipinski definition) is 1. The average Bonchev–Trinajstić information content (AvgIpc) is 0.716. The smallest absolute Gasteiger partial charge is 0.789 e. The van der Waals surface area contributed by atoms with E-state index >= 15 is 0 Å². The van der Waals surface area contributed by atoms with E-state index in [1.54, 1.807) is 0 Å².